The molecule has 0 aliphatic carbocycles. The largest absolute Gasteiger partial charge is 0.416 e. The van der Waals surface area contributed by atoms with Crippen molar-refractivity contribution in [1.29, 1.82) is 0 Å². The van der Waals surface area contributed by atoms with Gasteiger partial charge in [-0.1, -0.05) is 80.2 Å². The number of Topliss-reactive ketones (excluding diaryl/α,β-unsaturated/α-hetero) is 1. The maximum atomic E-state index is 12.8. The number of rotatable bonds is 9. The fourth-order valence-electron chi connectivity index (χ4n) is 4.72. The standard InChI is InChI=1S/C32H32F3N3O3S/c1-20(2)27-6-4-5-7-28(27)38-29(40)19-42-31(38)37-30(41)36-21(3)16-22-8-10-23(11-9-22)17-26(39)18-24-12-14-25(15-13-24)32(33,34)35/h4-15,20-21H,16-19H2,1-3H3,(H,36,41). The number of anilines is 1. The van der Waals surface area contributed by atoms with Crippen LogP contribution in [0.5, 0.6) is 0 Å². The molecule has 1 unspecified atom stereocenters. The minimum Gasteiger partial charge on any atom is -0.333 e. The van der Waals surface area contributed by atoms with Gasteiger partial charge in [0.1, 0.15) is 5.78 Å². The molecule has 1 aliphatic heterocycles. The second kappa shape index (κ2) is 13.4. The fourth-order valence-corrected chi connectivity index (χ4v) is 5.58. The summed E-state index contributed by atoms with van der Waals surface area (Å²) in [5.74, 6) is 0.187. The third kappa shape index (κ3) is 8.09. The molecule has 0 spiro atoms. The van der Waals surface area contributed by atoms with E-state index in [-0.39, 0.29) is 42.2 Å². The first kappa shape index (κ1) is 31.0. The fraction of sp³-hybridized carbons (Fsp3) is 0.312. The van der Waals surface area contributed by atoms with Crippen LogP contribution in [0.2, 0.25) is 0 Å². The number of hydrogen-bond acceptors (Lipinski definition) is 4. The molecule has 1 heterocycles. The number of amidine groups is 1. The third-order valence-corrected chi connectivity index (χ3v) is 7.70. The lowest BCUT2D eigenvalue weighted by Crippen LogP contribution is -2.35. The molecule has 1 N–H and O–H groups in total. The highest BCUT2D eigenvalue weighted by molar-refractivity contribution is 8.15. The van der Waals surface area contributed by atoms with Crippen LogP contribution in [0.15, 0.2) is 77.8 Å². The van der Waals surface area contributed by atoms with E-state index in [4.69, 9.17) is 0 Å². The summed E-state index contributed by atoms with van der Waals surface area (Å²) in [5.41, 5.74) is 3.27. The average molecular weight is 596 g/mol. The first-order chi connectivity index (χ1) is 19.9. The number of halogens is 3. The Morgan fingerprint density at radius 3 is 2.07 bits per heavy atom. The van der Waals surface area contributed by atoms with Crippen LogP contribution in [-0.4, -0.2) is 34.7 Å². The van der Waals surface area contributed by atoms with Gasteiger partial charge in [0.25, 0.3) is 0 Å². The quantitative estimate of drug-likeness (QED) is 0.290. The summed E-state index contributed by atoms with van der Waals surface area (Å²) in [6.07, 6.45) is -3.66. The van der Waals surface area contributed by atoms with E-state index >= 15 is 0 Å². The molecule has 10 heteroatoms. The Balaban J connectivity index is 1.31. The Labute approximate surface area is 247 Å². The van der Waals surface area contributed by atoms with E-state index in [1.165, 1.54) is 28.8 Å². The van der Waals surface area contributed by atoms with Crippen LogP contribution in [0.4, 0.5) is 23.7 Å². The highest BCUT2D eigenvalue weighted by atomic mass is 32.2. The van der Waals surface area contributed by atoms with Gasteiger partial charge in [0, 0.05) is 18.9 Å². The SMILES string of the molecule is CC(Cc1ccc(CC(=O)Cc2ccc(C(F)(F)F)cc2)cc1)NC(=O)N=C1SCC(=O)N1c1ccccc1C(C)C. The molecule has 1 saturated heterocycles. The van der Waals surface area contributed by atoms with Crippen molar-refractivity contribution >= 4 is 40.3 Å². The number of nitrogens with one attached hydrogen (secondary N) is 1. The normalized spacial score (nSPS) is 15.4. The third-order valence-electron chi connectivity index (χ3n) is 6.78. The van der Waals surface area contributed by atoms with E-state index < -0.39 is 17.8 Å². The predicted molar refractivity (Wildman–Crippen MR) is 160 cm³/mol. The Morgan fingerprint density at radius 1 is 0.905 bits per heavy atom. The Kier molecular flexibility index (Phi) is 9.88. The summed E-state index contributed by atoms with van der Waals surface area (Å²) in [7, 11) is 0. The van der Waals surface area contributed by atoms with Gasteiger partial charge in [0.05, 0.1) is 17.0 Å². The molecule has 0 radical (unpaired) electrons. The number of aliphatic imine (C=N–C) groups is 1. The molecular formula is C32H32F3N3O3S. The summed E-state index contributed by atoms with van der Waals surface area (Å²) in [6, 6.07) is 18.9. The second-order valence-corrected chi connectivity index (χ2v) is 11.5. The number of alkyl halides is 3. The van der Waals surface area contributed by atoms with Crippen molar-refractivity contribution in [2.75, 3.05) is 10.7 Å². The first-order valence-electron chi connectivity index (χ1n) is 13.6. The molecule has 220 valence electrons. The Hall–Kier alpha value is -3.92. The van der Waals surface area contributed by atoms with E-state index in [1.807, 2.05) is 69.3 Å². The maximum absolute atomic E-state index is 12.8. The van der Waals surface area contributed by atoms with Crippen molar-refractivity contribution in [3.63, 3.8) is 0 Å². The zero-order chi connectivity index (χ0) is 30.4. The number of para-hydroxylation sites is 1. The molecule has 0 aromatic heterocycles. The van der Waals surface area contributed by atoms with E-state index in [2.05, 4.69) is 10.3 Å². The van der Waals surface area contributed by atoms with Crippen LogP contribution in [0.25, 0.3) is 0 Å². The van der Waals surface area contributed by atoms with E-state index in [1.54, 1.807) is 0 Å². The minimum atomic E-state index is -4.41. The second-order valence-electron chi connectivity index (χ2n) is 10.6. The average Bonchev–Trinajstić information content (AvgIpc) is 3.28. The molecule has 1 fully saturated rings. The lowest BCUT2D eigenvalue weighted by atomic mass is 9.99. The highest BCUT2D eigenvalue weighted by Crippen LogP contribution is 2.33. The number of thioether (sulfide) groups is 1. The number of ketones is 1. The minimum absolute atomic E-state index is 0.0514. The lowest BCUT2D eigenvalue weighted by Gasteiger charge is -2.21. The summed E-state index contributed by atoms with van der Waals surface area (Å²) >= 11 is 1.23. The molecule has 4 rings (SSSR count). The Morgan fingerprint density at radius 2 is 1.48 bits per heavy atom. The summed E-state index contributed by atoms with van der Waals surface area (Å²) < 4.78 is 38.2. The van der Waals surface area contributed by atoms with Crippen LogP contribution in [-0.2, 0) is 35.0 Å². The lowest BCUT2D eigenvalue weighted by molar-refractivity contribution is -0.137. The van der Waals surface area contributed by atoms with Crippen molar-refractivity contribution in [3.8, 4) is 0 Å². The van der Waals surface area contributed by atoms with Crippen molar-refractivity contribution in [2.45, 2.75) is 58.2 Å². The maximum Gasteiger partial charge on any atom is 0.416 e. The number of benzene rings is 3. The first-order valence-corrected chi connectivity index (χ1v) is 14.6. The number of carbonyl (C=O) groups is 3. The van der Waals surface area contributed by atoms with Crippen LogP contribution in [0, 0.1) is 0 Å². The van der Waals surface area contributed by atoms with Gasteiger partial charge >= 0.3 is 12.2 Å². The van der Waals surface area contributed by atoms with Crippen LogP contribution in [0.1, 0.15) is 54.5 Å². The van der Waals surface area contributed by atoms with E-state index in [0.29, 0.717) is 17.2 Å². The molecule has 1 atom stereocenters. The molecule has 42 heavy (non-hydrogen) atoms. The van der Waals surface area contributed by atoms with Gasteiger partial charge in [0.15, 0.2) is 5.17 Å². The Bertz CT molecular complexity index is 1470. The van der Waals surface area contributed by atoms with Gasteiger partial charge in [-0.3, -0.25) is 14.5 Å². The molecule has 0 bridgehead atoms. The van der Waals surface area contributed by atoms with Crippen LogP contribution >= 0.6 is 11.8 Å². The molecule has 3 amide bonds. The van der Waals surface area contributed by atoms with Crippen molar-refractivity contribution < 1.29 is 27.6 Å². The van der Waals surface area contributed by atoms with Crippen molar-refractivity contribution in [3.05, 3.63) is 101 Å². The number of nitrogens with zero attached hydrogens (tertiary/aromatic N) is 2. The predicted octanol–water partition coefficient (Wildman–Crippen LogP) is 6.96. The smallest absolute Gasteiger partial charge is 0.333 e. The number of hydrogen-bond donors (Lipinski definition) is 1. The number of carbonyl (C=O) groups excluding carboxylic acids is 3. The van der Waals surface area contributed by atoms with Gasteiger partial charge in [-0.15, -0.1) is 0 Å². The summed E-state index contributed by atoms with van der Waals surface area (Å²) in [4.78, 5) is 43.6. The van der Waals surface area contributed by atoms with E-state index in [0.717, 1.165) is 34.5 Å². The van der Waals surface area contributed by atoms with Gasteiger partial charge in [-0.2, -0.15) is 18.2 Å². The molecular weight excluding hydrogens is 563 g/mol. The topological polar surface area (TPSA) is 78.8 Å². The zero-order valence-electron chi connectivity index (χ0n) is 23.6. The summed E-state index contributed by atoms with van der Waals surface area (Å²) in [6.45, 7) is 5.95. The van der Waals surface area contributed by atoms with Crippen molar-refractivity contribution in [1.82, 2.24) is 5.32 Å². The number of urea groups is 1. The molecule has 6 nitrogen and oxygen atoms in total. The van der Waals surface area contributed by atoms with Gasteiger partial charge in [-0.05, 0) is 59.7 Å². The summed E-state index contributed by atoms with van der Waals surface area (Å²) in [5, 5.41) is 3.21. The van der Waals surface area contributed by atoms with Gasteiger partial charge in [0.2, 0.25) is 5.91 Å². The molecule has 3 aromatic rings. The molecule has 3 aromatic carbocycles. The number of amides is 3. The van der Waals surface area contributed by atoms with Gasteiger partial charge in [-0.25, -0.2) is 4.79 Å². The van der Waals surface area contributed by atoms with Crippen LogP contribution < -0.4 is 10.2 Å². The highest BCUT2D eigenvalue weighted by Gasteiger charge is 2.32. The van der Waals surface area contributed by atoms with Crippen molar-refractivity contribution in [2.24, 2.45) is 4.99 Å². The van der Waals surface area contributed by atoms with E-state index in [9.17, 15) is 27.6 Å². The molecule has 1 aliphatic rings. The zero-order valence-corrected chi connectivity index (χ0v) is 24.4. The monoisotopic (exact) mass is 595 g/mol. The van der Waals surface area contributed by atoms with Crippen LogP contribution in [0.3, 0.4) is 0 Å². The van der Waals surface area contributed by atoms with Gasteiger partial charge < -0.3 is 5.32 Å². The molecule has 0 saturated carbocycles.